The van der Waals surface area contributed by atoms with E-state index in [-0.39, 0.29) is 5.69 Å². The molecule has 0 amide bonds. The fourth-order valence-electron chi connectivity index (χ4n) is 0.829. The van der Waals surface area contributed by atoms with Gasteiger partial charge in [0.2, 0.25) is 0 Å². The van der Waals surface area contributed by atoms with Crippen molar-refractivity contribution in [3.63, 3.8) is 0 Å². The zero-order valence-corrected chi connectivity index (χ0v) is 10.4. The Bertz CT molecular complexity index is 302. The zero-order valence-electron chi connectivity index (χ0n) is 6.11. The van der Waals surface area contributed by atoms with Gasteiger partial charge in [-0.1, -0.05) is 0 Å². The van der Waals surface area contributed by atoms with Crippen molar-refractivity contribution >= 4 is 51.4 Å². The van der Waals surface area contributed by atoms with Crippen molar-refractivity contribution in [3.05, 3.63) is 29.3 Å². The number of rotatable bonds is 1. The summed E-state index contributed by atoms with van der Waals surface area (Å²) in [5, 5.41) is 0. The van der Waals surface area contributed by atoms with E-state index in [1.54, 1.807) is 13.0 Å². The third kappa shape index (κ3) is 2.18. The molecule has 0 fully saturated rings. The van der Waals surface area contributed by atoms with Gasteiger partial charge in [-0.05, 0) is 24.6 Å². The average Bonchev–Trinajstić information content (AvgIpc) is 1.96. The van der Waals surface area contributed by atoms with Crippen LogP contribution in [0.1, 0.15) is 5.56 Å². The minimum Gasteiger partial charge on any atom is -0.252 e. The Morgan fingerprint density at radius 2 is 1.83 bits per heavy atom. The molecular weight excluding hydrogens is 390 g/mol. The van der Waals surface area contributed by atoms with Crippen molar-refractivity contribution in [2.24, 2.45) is 0 Å². The Labute approximate surface area is 97.1 Å². The molecule has 0 unspecified atom stereocenters. The lowest BCUT2D eigenvalue weighted by molar-refractivity contribution is 0.511. The van der Waals surface area contributed by atoms with Gasteiger partial charge in [-0.25, -0.2) is 8.78 Å². The zero-order chi connectivity index (χ0) is 9.30. The average molecular weight is 395 g/mol. The van der Waals surface area contributed by atoms with Crippen LogP contribution in [0.2, 0.25) is 0 Å². The third-order valence-electron chi connectivity index (χ3n) is 1.34. The van der Waals surface area contributed by atoms with Gasteiger partial charge in [0.15, 0.2) is 11.6 Å². The molecule has 12 heavy (non-hydrogen) atoms. The number of hydrogen-bond acceptors (Lipinski definition) is 1. The van der Waals surface area contributed by atoms with E-state index in [9.17, 15) is 8.78 Å². The predicted molar refractivity (Wildman–Crippen MR) is 61.6 cm³/mol. The van der Waals surface area contributed by atoms with E-state index in [2.05, 4.69) is 0 Å². The molecule has 0 aliphatic rings. The second kappa shape index (κ2) is 4.03. The number of hydrogen-bond donors (Lipinski definition) is 0. The lowest BCUT2D eigenvalue weighted by Gasteiger charge is -2.09. The minimum absolute atomic E-state index is 0.258. The van der Waals surface area contributed by atoms with Gasteiger partial charge < -0.3 is 0 Å². The summed E-state index contributed by atoms with van der Waals surface area (Å²) in [6, 6.07) is 2.77. The standard InChI is InChI=1S/C7H5F2I2N/c1-4-2-5(8)7(9)6(3-4)12(10)11/h2-3H,1H3. The van der Waals surface area contributed by atoms with Crippen molar-refractivity contribution in [2.75, 3.05) is 1.33 Å². The monoisotopic (exact) mass is 395 g/mol. The Balaban J connectivity index is 3.28. The van der Waals surface area contributed by atoms with E-state index in [1.165, 1.54) is 7.39 Å². The molecule has 0 aromatic heterocycles. The first-order chi connectivity index (χ1) is 5.52. The van der Waals surface area contributed by atoms with Crippen molar-refractivity contribution in [2.45, 2.75) is 6.92 Å². The second-order valence-electron chi connectivity index (χ2n) is 2.31. The predicted octanol–water partition coefficient (Wildman–Crippen LogP) is 3.78. The van der Waals surface area contributed by atoms with Crippen LogP contribution >= 0.6 is 45.7 Å². The summed E-state index contributed by atoms with van der Waals surface area (Å²) in [6.45, 7) is 1.72. The smallest absolute Gasteiger partial charge is 0.183 e. The summed E-state index contributed by atoms with van der Waals surface area (Å²) >= 11 is 3.76. The lowest BCUT2D eigenvalue weighted by atomic mass is 10.2. The van der Waals surface area contributed by atoms with Crippen molar-refractivity contribution in [1.82, 2.24) is 0 Å². The molecule has 1 rings (SSSR count). The third-order valence-corrected chi connectivity index (χ3v) is 2.37. The van der Waals surface area contributed by atoms with Gasteiger partial charge in [0.05, 0.1) is 51.4 Å². The fourth-order valence-corrected chi connectivity index (χ4v) is 1.53. The molecule has 0 atom stereocenters. The summed E-state index contributed by atoms with van der Waals surface area (Å²) in [4.78, 5) is 0. The SMILES string of the molecule is Cc1cc(F)c(F)c(N(I)I)c1. The normalized spacial score (nSPS) is 10.1. The van der Waals surface area contributed by atoms with E-state index < -0.39 is 11.6 Å². The molecule has 5 heteroatoms. The maximum Gasteiger partial charge on any atom is 0.183 e. The van der Waals surface area contributed by atoms with Crippen LogP contribution in [0.3, 0.4) is 0 Å². The summed E-state index contributed by atoms with van der Waals surface area (Å²) in [5.41, 5.74) is 0.968. The number of anilines is 1. The highest BCUT2D eigenvalue weighted by atomic mass is 127. The van der Waals surface area contributed by atoms with E-state index in [0.29, 0.717) is 5.56 Å². The number of nitrogens with zero attached hydrogens (tertiary/aromatic N) is 1. The van der Waals surface area contributed by atoms with Crippen LogP contribution in [-0.4, -0.2) is 0 Å². The molecule has 0 saturated heterocycles. The molecule has 0 aliphatic heterocycles. The molecule has 0 N–H and O–H groups in total. The minimum atomic E-state index is -0.802. The molecule has 0 bridgehead atoms. The Morgan fingerprint density at radius 3 is 2.33 bits per heavy atom. The Hall–Kier alpha value is 0.340. The number of benzene rings is 1. The van der Waals surface area contributed by atoms with E-state index >= 15 is 0 Å². The van der Waals surface area contributed by atoms with Gasteiger partial charge in [0.25, 0.3) is 0 Å². The fraction of sp³-hybridized carbons (Fsp3) is 0.143. The second-order valence-corrected chi connectivity index (χ2v) is 6.09. The van der Waals surface area contributed by atoms with Crippen LogP contribution in [0.4, 0.5) is 14.5 Å². The molecule has 0 radical (unpaired) electrons. The molecule has 1 aromatic rings. The topological polar surface area (TPSA) is 3.24 Å². The maximum atomic E-state index is 13.0. The summed E-state index contributed by atoms with van der Waals surface area (Å²) in [6.07, 6.45) is 0. The van der Waals surface area contributed by atoms with E-state index in [4.69, 9.17) is 0 Å². The van der Waals surface area contributed by atoms with Crippen LogP contribution < -0.4 is 1.33 Å². The first kappa shape index (κ1) is 10.4. The van der Waals surface area contributed by atoms with Crippen molar-refractivity contribution in [1.29, 1.82) is 0 Å². The number of halogens is 4. The van der Waals surface area contributed by atoms with Gasteiger partial charge in [-0.2, -0.15) is 0 Å². The first-order valence-electron chi connectivity index (χ1n) is 3.09. The lowest BCUT2D eigenvalue weighted by Crippen LogP contribution is -1.97. The van der Waals surface area contributed by atoms with Crippen LogP contribution in [0.15, 0.2) is 12.1 Å². The Morgan fingerprint density at radius 1 is 1.25 bits per heavy atom. The molecular formula is C7H5F2I2N. The van der Waals surface area contributed by atoms with Gasteiger partial charge in [-0.3, -0.25) is 1.33 Å². The van der Waals surface area contributed by atoms with Crippen molar-refractivity contribution in [3.8, 4) is 0 Å². The Kier molecular flexibility index (Phi) is 3.50. The van der Waals surface area contributed by atoms with Crippen LogP contribution in [0.25, 0.3) is 0 Å². The van der Waals surface area contributed by atoms with Crippen LogP contribution in [0.5, 0.6) is 0 Å². The highest BCUT2D eigenvalue weighted by Crippen LogP contribution is 2.28. The molecule has 1 aromatic carbocycles. The quantitative estimate of drug-likeness (QED) is 0.517. The summed E-state index contributed by atoms with van der Waals surface area (Å²) in [5.74, 6) is -1.60. The number of aryl methyl sites for hydroxylation is 1. The molecule has 1 nitrogen and oxygen atoms in total. The van der Waals surface area contributed by atoms with Crippen LogP contribution in [-0.2, 0) is 0 Å². The largest absolute Gasteiger partial charge is 0.252 e. The molecule has 66 valence electrons. The molecule has 0 heterocycles. The van der Waals surface area contributed by atoms with Gasteiger partial charge >= 0.3 is 0 Å². The van der Waals surface area contributed by atoms with E-state index in [0.717, 1.165) is 0 Å². The maximum absolute atomic E-state index is 13.0. The highest BCUT2D eigenvalue weighted by Gasteiger charge is 2.12. The van der Waals surface area contributed by atoms with Crippen LogP contribution in [0, 0.1) is 18.6 Å². The molecule has 0 aliphatic carbocycles. The highest BCUT2D eigenvalue weighted by molar-refractivity contribution is 14.2. The molecule has 0 saturated carbocycles. The summed E-state index contributed by atoms with van der Waals surface area (Å²) < 4.78 is 27.3. The van der Waals surface area contributed by atoms with Crippen molar-refractivity contribution < 1.29 is 8.78 Å². The van der Waals surface area contributed by atoms with Gasteiger partial charge in [0.1, 0.15) is 0 Å². The summed E-state index contributed by atoms with van der Waals surface area (Å²) in [7, 11) is 0. The first-order valence-corrected chi connectivity index (χ1v) is 5.02. The van der Waals surface area contributed by atoms with Gasteiger partial charge in [-0.15, -0.1) is 0 Å². The van der Waals surface area contributed by atoms with E-state index in [1.807, 2.05) is 45.7 Å². The molecule has 0 spiro atoms. The van der Waals surface area contributed by atoms with Gasteiger partial charge in [0, 0.05) is 0 Å².